The Labute approximate surface area is 135 Å². The highest BCUT2D eigenvalue weighted by Crippen LogP contribution is 2.12. The highest BCUT2D eigenvalue weighted by atomic mass is 19.1. The van der Waals surface area contributed by atoms with E-state index in [2.05, 4.69) is 15.3 Å². The van der Waals surface area contributed by atoms with E-state index in [1.165, 1.54) is 27.7 Å². The number of rotatable bonds is 3. The first kappa shape index (κ1) is 14.3. The van der Waals surface area contributed by atoms with Gasteiger partial charge in [-0.05, 0) is 29.8 Å². The lowest BCUT2D eigenvalue weighted by Gasteiger charge is -2.05. The number of nitrogens with zero attached hydrogens (tertiary/aromatic N) is 5. The Hall–Kier alpha value is -3.35. The average molecular weight is 321 g/mol. The smallest absolute Gasteiger partial charge is 0.283 e. The normalized spacial score (nSPS) is 11.0. The summed E-state index contributed by atoms with van der Waals surface area (Å²) in [4.78, 5) is 16.9. The molecule has 2 aromatic carbocycles. The molecule has 0 amide bonds. The van der Waals surface area contributed by atoms with E-state index in [9.17, 15) is 9.18 Å². The fourth-order valence-corrected chi connectivity index (χ4v) is 2.49. The molecule has 0 unspecified atom stereocenters. The van der Waals surface area contributed by atoms with Crippen molar-refractivity contribution in [2.75, 3.05) is 0 Å². The van der Waals surface area contributed by atoms with Crippen LogP contribution in [-0.2, 0) is 6.54 Å². The number of hydrogen-bond acceptors (Lipinski definition) is 4. The molecule has 7 heteroatoms. The topological polar surface area (TPSA) is 65.6 Å². The zero-order valence-electron chi connectivity index (χ0n) is 12.5. The number of benzene rings is 2. The van der Waals surface area contributed by atoms with Crippen LogP contribution in [0.25, 0.3) is 16.9 Å². The van der Waals surface area contributed by atoms with Crippen molar-refractivity contribution in [2.24, 2.45) is 0 Å². The minimum atomic E-state index is -0.346. The molecule has 0 saturated carbocycles. The molecule has 24 heavy (non-hydrogen) atoms. The van der Waals surface area contributed by atoms with Crippen molar-refractivity contribution in [3.05, 3.63) is 82.7 Å². The van der Waals surface area contributed by atoms with E-state index in [1.807, 2.05) is 30.3 Å². The summed E-state index contributed by atoms with van der Waals surface area (Å²) in [6.45, 7) is 0.409. The van der Waals surface area contributed by atoms with E-state index in [1.54, 1.807) is 12.1 Å². The van der Waals surface area contributed by atoms with Crippen LogP contribution in [0.1, 0.15) is 5.56 Å². The summed E-state index contributed by atoms with van der Waals surface area (Å²) >= 11 is 0. The van der Waals surface area contributed by atoms with E-state index in [-0.39, 0.29) is 16.9 Å². The molecular formula is C17H12FN5O. The summed E-state index contributed by atoms with van der Waals surface area (Å²) in [5, 5.41) is 7.92. The first-order valence-electron chi connectivity index (χ1n) is 7.33. The molecule has 0 atom stereocenters. The van der Waals surface area contributed by atoms with Crippen molar-refractivity contribution in [2.45, 2.75) is 6.54 Å². The standard InChI is InChI=1S/C17H12FN5O/c18-13-6-8-14(9-7-13)23-16-15(20-21-23)17(24)22(11-19-16)10-12-4-2-1-3-5-12/h1-9,11H,10H2. The highest BCUT2D eigenvalue weighted by molar-refractivity contribution is 5.70. The SMILES string of the molecule is O=c1c2nnn(-c3ccc(F)cc3)c2ncn1Cc1ccccc1. The van der Waals surface area contributed by atoms with Gasteiger partial charge in [-0.15, -0.1) is 5.10 Å². The van der Waals surface area contributed by atoms with Gasteiger partial charge in [-0.25, -0.2) is 9.37 Å². The second-order valence-corrected chi connectivity index (χ2v) is 5.31. The second kappa shape index (κ2) is 5.69. The van der Waals surface area contributed by atoms with Gasteiger partial charge in [0.15, 0.2) is 11.2 Å². The molecule has 0 spiro atoms. The largest absolute Gasteiger partial charge is 0.293 e. The van der Waals surface area contributed by atoms with Gasteiger partial charge in [-0.1, -0.05) is 35.5 Å². The molecule has 2 aromatic heterocycles. The molecule has 0 aliphatic rings. The predicted molar refractivity (Wildman–Crippen MR) is 86.4 cm³/mol. The van der Waals surface area contributed by atoms with Crippen molar-refractivity contribution < 1.29 is 4.39 Å². The van der Waals surface area contributed by atoms with E-state index >= 15 is 0 Å². The summed E-state index contributed by atoms with van der Waals surface area (Å²) in [6.07, 6.45) is 1.47. The van der Waals surface area contributed by atoms with Gasteiger partial charge < -0.3 is 0 Å². The van der Waals surface area contributed by atoms with Gasteiger partial charge in [0, 0.05) is 0 Å². The van der Waals surface area contributed by atoms with Crippen LogP contribution in [0.3, 0.4) is 0 Å². The molecule has 0 aliphatic carbocycles. The van der Waals surface area contributed by atoms with Crippen LogP contribution in [0.5, 0.6) is 0 Å². The lowest BCUT2D eigenvalue weighted by atomic mass is 10.2. The van der Waals surface area contributed by atoms with Crippen LogP contribution < -0.4 is 5.56 Å². The quantitative estimate of drug-likeness (QED) is 0.580. The molecule has 4 rings (SSSR count). The van der Waals surface area contributed by atoms with Crippen LogP contribution in [0.4, 0.5) is 4.39 Å². The molecule has 0 fully saturated rings. The number of aromatic nitrogens is 5. The van der Waals surface area contributed by atoms with Crippen molar-refractivity contribution >= 4 is 11.2 Å². The van der Waals surface area contributed by atoms with Crippen LogP contribution in [0.2, 0.25) is 0 Å². The Morgan fingerprint density at radius 1 is 1.00 bits per heavy atom. The van der Waals surface area contributed by atoms with Gasteiger partial charge in [0.05, 0.1) is 12.2 Å². The molecule has 0 saturated heterocycles. The van der Waals surface area contributed by atoms with Crippen LogP contribution >= 0.6 is 0 Å². The van der Waals surface area contributed by atoms with Crippen LogP contribution in [0, 0.1) is 5.82 Å². The number of fused-ring (bicyclic) bond motifs is 1. The minimum absolute atomic E-state index is 0.178. The molecule has 118 valence electrons. The van der Waals surface area contributed by atoms with Gasteiger partial charge >= 0.3 is 0 Å². The molecule has 6 nitrogen and oxygen atoms in total. The maximum atomic E-state index is 13.1. The van der Waals surface area contributed by atoms with Gasteiger partial charge in [0.2, 0.25) is 0 Å². The summed E-state index contributed by atoms with van der Waals surface area (Å²) in [6, 6.07) is 15.4. The van der Waals surface area contributed by atoms with E-state index < -0.39 is 0 Å². The van der Waals surface area contributed by atoms with E-state index in [4.69, 9.17) is 0 Å². The Kier molecular flexibility index (Phi) is 3.38. The predicted octanol–water partition coefficient (Wildman–Crippen LogP) is 2.16. The van der Waals surface area contributed by atoms with Crippen LogP contribution in [-0.4, -0.2) is 24.5 Å². The Morgan fingerprint density at radius 3 is 2.50 bits per heavy atom. The number of halogens is 1. The van der Waals surface area contributed by atoms with E-state index in [0.29, 0.717) is 17.9 Å². The van der Waals surface area contributed by atoms with Crippen molar-refractivity contribution in [3.63, 3.8) is 0 Å². The van der Waals surface area contributed by atoms with Crippen molar-refractivity contribution in [1.29, 1.82) is 0 Å². The summed E-state index contributed by atoms with van der Waals surface area (Å²) < 4.78 is 16.0. The fourth-order valence-electron chi connectivity index (χ4n) is 2.49. The molecular weight excluding hydrogens is 309 g/mol. The molecule has 0 radical (unpaired) electrons. The fraction of sp³-hybridized carbons (Fsp3) is 0.0588. The highest BCUT2D eigenvalue weighted by Gasteiger charge is 2.13. The summed E-state index contributed by atoms with van der Waals surface area (Å²) in [5.74, 6) is -0.346. The zero-order chi connectivity index (χ0) is 16.5. The molecule has 0 N–H and O–H groups in total. The molecule has 0 aliphatic heterocycles. The molecule has 0 bridgehead atoms. The monoisotopic (exact) mass is 321 g/mol. The Bertz CT molecular complexity index is 1050. The minimum Gasteiger partial charge on any atom is -0.293 e. The second-order valence-electron chi connectivity index (χ2n) is 5.31. The first-order valence-corrected chi connectivity index (χ1v) is 7.33. The number of hydrogen-bond donors (Lipinski definition) is 0. The Balaban J connectivity index is 1.78. The van der Waals surface area contributed by atoms with Crippen molar-refractivity contribution in [3.8, 4) is 5.69 Å². The zero-order valence-corrected chi connectivity index (χ0v) is 12.5. The maximum Gasteiger partial charge on any atom is 0.283 e. The maximum absolute atomic E-state index is 13.1. The van der Waals surface area contributed by atoms with Gasteiger partial charge in [0.25, 0.3) is 5.56 Å². The van der Waals surface area contributed by atoms with Crippen LogP contribution in [0.15, 0.2) is 65.7 Å². The lowest BCUT2D eigenvalue weighted by Crippen LogP contribution is -2.21. The van der Waals surface area contributed by atoms with E-state index in [0.717, 1.165) is 5.56 Å². The van der Waals surface area contributed by atoms with Gasteiger partial charge in [0.1, 0.15) is 12.1 Å². The lowest BCUT2D eigenvalue weighted by molar-refractivity contribution is 0.627. The summed E-state index contributed by atoms with van der Waals surface area (Å²) in [5.41, 5.74) is 1.84. The summed E-state index contributed by atoms with van der Waals surface area (Å²) in [7, 11) is 0. The molecule has 4 aromatic rings. The first-order chi connectivity index (χ1) is 11.7. The Morgan fingerprint density at radius 2 is 1.75 bits per heavy atom. The third kappa shape index (κ3) is 2.45. The van der Waals surface area contributed by atoms with Gasteiger partial charge in [-0.2, -0.15) is 4.68 Å². The third-order valence-electron chi connectivity index (χ3n) is 3.70. The van der Waals surface area contributed by atoms with Crippen molar-refractivity contribution in [1.82, 2.24) is 24.5 Å². The van der Waals surface area contributed by atoms with Gasteiger partial charge in [-0.3, -0.25) is 9.36 Å². The third-order valence-corrected chi connectivity index (χ3v) is 3.70. The average Bonchev–Trinajstić information content (AvgIpc) is 3.04. The molecule has 2 heterocycles.